The van der Waals surface area contributed by atoms with Crippen LogP contribution in [0.15, 0.2) is 24.3 Å². The van der Waals surface area contributed by atoms with Crippen molar-refractivity contribution in [3.8, 4) is 18.1 Å². The molecule has 2 N–H and O–H groups in total. The molecular weight excluding hydrogens is 242 g/mol. The van der Waals surface area contributed by atoms with Crippen molar-refractivity contribution in [2.75, 3.05) is 6.61 Å². The van der Waals surface area contributed by atoms with Crippen molar-refractivity contribution >= 4 is 5.97 Å². The molecule has 1 aromatic carbocycles. The first kappa shape index (κ1) is 15.1. The summed E-state index contributed by atoms with van der Waals surface area (Å²) in [6.07, 6.45) is 5.16. The number of rotatable bonds is 7. The standard InChI is InChI=1S/C15H19NO3/c1-4-9-19-13-8-6-5-7-12(13)10-16-14(11(2)3)15(17)18/h1,5-8,11,14,16H,9-10H2,2-3H3,(H,17,18). The van der Waals surface area contributed by atoms with Gasteiger partial charge >= 0.3 is 5.97 Å². The van der Waals surface area contributed by atoms with Gasteiger partial charge in [0, 0.05) is 12.1 Å². The van der Waals surface area contributed by atoms with Gasteiger partial charge in [0.1, 0.15) is 18.4 Å². The number of hydrogen-bond acceptors (Lipinski definition) is 3. The molecule has 0 bridgehead atoms. The SMILES string of the molecule is C#CCOc1ccccc1CNC(C(=O)O)C(C)C. The number of carboxylic acids is 1. The zero-order chi connectivity index (χ0) is 14.3. The lowest BCUT2D eigenvalue weighted by Crippen LogP contribution is -2.40. The molecule has 0 saturated carbocycles. The van der Waals surface area contributed by atoms with E-state index in [1.54, 1.807) is 0 Å². The molecule has 0 aliphatic heterocycles. The number of para-hydroxylation sites is 1. The number of carboxylic acid groups (broad SMARTS) is 1. The first-order chi connectivity index (χ1) is 9.06. The second-order valence-corrected chi connectivity index (χ2v) is 4.54. The van der Waals surface area contributed by atoms with E-state index in [1.165, 1.54) is 0 Å². The summed E-state index contributed by atoms with van der Waals surface area (Å²) in [4.78, 5) is 11.1. The molecule has 1 unspecified atom stereocenters. The van der Waals surface area contributed by atoms with Gasteiger partial charge in [0.25, 0.3) is 0 Å². The molecule has 0 saturated heterocycles. The second-order valence-electron chi connectivity index (χ2n) is 4.54. The van der Waals surface area contributed by atoms with Gasteiger partial charge in [0.15, 0.2) is 0 Å². The Kier molecular flexibility index (Phi) is 5.91. The van der Waals surface area contributed by atoms with E-state index in [2.05, 4.69) is 11.2 Å². The van der Waals surface area contributed by atoms with Gasteiger partial charge in [-0.3, -0.25) is 10.1 Å². The van der Waals surface area contributed by atoms with Crippen LogP contribution in [0.1, 0.15) is 19.4 Å². The van der Waals surface area contributed by atoms with E-state index < -0.39 is 12.0 Å². The highest BCUT2D eigenvalue weighted by molar-refractivity contribution is 5.73. The third kappa shape index (κ3) is 4.65. The van der Waals surface area contributed by atoms with Crippen molar-refractivity contribution in [3.63, 3.8) is 0 Å². The molecule has 0 amide bonds. The van der Waals surface area contributed by atoms with Crippen LogP contribution in [0.2, 0.25) is 0 Å². The molecule has 1 atom stereocenters. The Morgan fingerprint density at radius 1 is 1.47 bits per heavy atom. The van der Waals surface area contributed by atoms with Gasteiger partial charge in [-0.15, -0.1) is 6.42 Å². The summed E-state index contributed by atoms with van der Waals surface area (Å²) in [5, 5.41) is 12.1. The molecule has 19 heavy (non-hydrogen) atoms. The van der Waals surface area contributed by atoms with Crippen LogP contribution in [0.5, 0.6) is 5.75 Å². The van der Waals surface area contributed by atoms with Gasteiger partial charge in [0.05, 0.1) is 0 Å². The molecule has 0 radical (unpaired) electrons. The van der Waals surface area contributed by atoms with Crippen molar-refractivity contribution in [2.45, 2.75) is 26.4 Å². The van der Waals surface area contributed by atoms with Crippen LogP contribution in [0.4, 0.5) is 0 Å². The molecule has 0 aliphatic rings. The normalized spacial score (nSPS) is 11.9. The van der Waals surface area contributed by atoms with Crippen LogP contribution >= 0.6 is 0 Å². The molecule has 102 valence electrons. The summed E-state index contributed by atoms with van der Waals surface area (Å²) in [6.45, 7) is 4.36. The number of carbonyl (C=O) groups is 1. The fourth-order valence-corrected chi connectivity index (χ4v) is 1.74. The Hall–Kier alpha value is -1.99. The maximum absolute atomic E-state index is 11.1. The number of terminal acetylenes is 1. The lowest BCUT2D eigenvalue weighted by molar-refractivity contribution is -0.140. The van der Waals surface area contributed by atoms with Crippen LogP contribution in [0.3, 0.4) is 0 Å². The average Bonchev–Trinajstić information content (AvgIpc) is 2.37. The highest BCUT2D eigenvalue weighted by Crippen LogP contribution is 2.18. The van der Waals surface area contributed by atoms with E-state index in [4.69, 9.17) is 16.3 Å². The van der Waals surface area contributed by atoms with Crippen LogP contribution in [-0.4, -0.2) is 23.7 Å². The predicted molar refractivity (Wildman–Crippen MR) is 73.9 cm³/mol. The number of hydrogen-bond donors (Lipinski definition) is 2. The number of nitrogens with one attached hydrogen (secondary N) is 1. The third-order valence-electron chi connectivity index (χ3n) is 2.73. The molecule has 4 heteroatoms. The molecule has 1 rings (SSSR count). The Balaban J connectivity index is 2.71. The van der Waals surface area contributed by atoms with Gasteiger partial charge in [-0.2, -0.15) is 0 Å². The van der Waals surface area contributed by atoms with Crippen LogP contribution in [0.25, 0.3) is 0 Å². The summed E-state index contributed by atoms with van der Waals surface area (Å²) in [7, 11) is 0. The van der Waals surface area contributed by atoms with Crippen molar-refractivity contribution in [2.24, 2.45) is 5.92 Å². The molecule has 4 nitrogen and oxygen atoms in total. The second kappa shape index (κ2) is 7.45. The summed E-state index contributed by atoms with van der Waals surface area (Å²) in [5.74, 6) is 2.25. The van der Waals surface area contributed by atoms with Gasteiger partial charge < -0.3 is 9.84 Å². The van der Waals surface area contributed by atoms with Crippen molar-refractivity contribution < 1.29 is 14.6 Å². The highest BCUT2D eigenvalue weighted by atomic mass is 16.5. The van der Waals surface area contributed by atoms with E-state index in [0.717, 1.165) is 5.56 Å². The quantitative estimate of drug-likeness (QED) is 0.736. The minimum absolute atomic E-state index is 0.0105. The van der Waals surface area contributed by atoms with E-state index in [9.17, 15) is 4.79 Å². The number of aliphatic carboxylic acids is 1. The van der Waals surface area contributed by atoms with E-state index in [0.29, 0.717) is 12.3 Å². The summed E-state index contributed by atoms with van der Waals surface area (Å²) in [5.41, 5.74) is 0.893. The van der Waals surface area contributed by atoms with Crippen molar-refractivity contribution in [1.29, 1.82) is 0 Å². The van der Waals surface area contributed by atoms with Crippen LogP contribution in [0, 0.1) is 18.3 Å². The molecule has 0 fully saturated rings. The van der Waals surface area contributed by atoms with Gasteiger partial charge in [-0.05, 0) is 12.0 Å². The topological polar surface area (TPSA) is 58.6 Å². The first-order valence-corrected chi connectivity index (χ1v) is 6.16. The zero-order valence-electron chi connectivity index (χ0n) is 11.2. The zero-order valence-corrected chi connectivity index (χ0v) is 11.2. The highest BCUT2D eigenvalue weighted by Gasteiger charge is 2.20. The maximum atomic E-state index is 11.1. The molecule has 0 spiro atoms. The van der Waals surface area contributed by atoms with E-state index in [-0.39, 0.29) is 12.5 Å². The molecular formula is C15H19NO3. The maximum Gasteiger partial charge on any atom is 0.320 e. The fourth-order valence-electron chi connectivity index (χ4n) is 1.74. The minimum Gasteiger partial charge on any atom is -0.481 e. The average molecular weight is 261 g/mol. The molecule has 0 heterocycles. The largest absolute Gasteiger partial charge is 0.481 e. The van der Waals surface area contributed by atoms with E-state index in [1.807, 2.05) is 38.1 Å². The van der Waals surface area contributed by atoms with Crippen LogP contribution in [-0.2, 0) is 11.3 Å². The summed E-state index contributed by atoms with van der Waals surface area (Å²) in [6, 6.07) is 6.86. The Labute approximate surface area is 113 Å². The Morgan fingerprint density at radius 3 is 2.74 bits per heavy atom. The van der Waals surface area contributed by atoms with Crippen molar-refractivity contribution in [1.82, 2.24) is 5.32 Å². The van der Waals surface area contributed by atoms with Gasteiger partial charge in [-0.1, -0.05) is 38.0 Å². The van der Waals surface area contributed by atoms with Crippen LogP contribution < -0.4 is 10.1 Å². The number of ether oxygens (including phenoxy) is 1. The lowest BCUT2D eigenvalue weighted by Gasteiger charge is -2.19. The molecule has 0 aliphatic carbocycles. The third-order valence-corrected chi connectivity index (χ3v) is 2.73. The van der Waals surface area contributed by atoms with Gasteiger partial charge in [0.2, 0.25) is 0 Å². The minimum atomic E-state index is -0.850. The smallest absolute Gasteiger partial charge is 0.320 e. The Bertz CT molecular complexity index is 463. The summed E-state index contributed by atoms with van der Waals surface area (Å²) >= 11 is 0. The van der Waals surface area contributed by atoms with Gasteiger partial charge in [-0.25, -0.2) is 0 Å². The Morgan fingerprint density at radius 2 is 2.16 bits per heavy atom. The summed E-state index contributed by atoms with van der Waals surface area (Å²) < 4.78 is 5.42. The molecule has 1 aromatic rings. The predicted octanol–water partition coefficient (Wildman–Crippen LogP) is 1.90. The lowest BCUT2D eigenvalue weighted by atomic mass is 10.0. The van der Waals surface area contributed by atoms with E-state index >= 15 is 0 Å². The molecule has 0 aromatic heterocycles. The number of benzene rings is 1. The van der Waals surface area contributed by atoms with Crippen molar-refractivity contribution in [3.05, 3.63) is 29.8 Å². The monoisotopic (exact) mass is 261 g/mol. The first-order valence-electron chi connectivity index (χ1n) is 6.16. The fraction of sp³-hybridized carbons (Fsp3) is 0.400.